The van der Waals surface area contributed by atoms with Crippen LogP contribution in [0.15, 0.2) is 12.1 Å². The number of nitrogen functional groups attached to an aromatic ring is 1. The van der Waals surface area contributed by atoms with E-state index in [1.165, 1.54) is 0 Å². The van der Waals surface area contributed by atoms with Gasteiger partial charge in [-0.25, -0.2) is 4.39 Å². The van der Waals surface area contributed by atoms with Gasteiger partial charge in [0.2, 0.25) is 5.91 Å². The highest BCUT2D eigenvalue weighted by Crippen LogP contribution is 2.25. The van der Waals surface area contributed by atoms with Gasteiger partial charge < -0.3 is 11.5 Å². The first kappa shape index (κ1) is 12.4. The van der Waals surface area contributed by atoms with Crippen LogP contribution in [0.25, 0.3) is 0 Å². The number of hydrogen-bond donors (Lipinski definition) is 2. The highest BCUT2D eigenvalue weighted by atomic mass is 19.1. The van der Waals surface area contributed by atoms with E-state index in [1.54, 1.807) is 0 Å². The van der Waals surface area contributed by atoms with E-state index >= 15 is 0 Å². The zero-order chi connectivity index (χ0) is 13.0. The van der Waals surface area contributed by atoms with Crippen molar-refractivity contribution in [3.8, 4) is 11.8 Å². The van der Waals surface area contributed by atoms with Gasteiger partial charge in [0.25, 0.3) is 5.69 Å². The monoisotopic (exact) mass is 237 g/mol. The molecule has 1 aromatic carbocycles. The first-order valence-electron chi connectivity index (χ1n) is 4.42. The molecule has 0 fully saturated rings. The van der Waals surface area contributed by atoms with Gasteiger partial charge in [0, 0.05) is 0 Å². The lowest BCUT2D eigenvalue weighted by atomic mass is 10.1. The third-order valence-corrected chi connectivity index (χ3v) is 1.81. The number of halogens is 1. The Labute approximate surface area is 95.6 Å². The molecule has 0 aliphatic rings. The molecule has 6 nitrogen and oxygen atoms in total. The molecule has 1 aromatic rings. The summed E-state index contributed by atoms with van der Waals surface area (Å²) in [5, 5.41) is 10.5. The minimum atomic E-state index is -0.825. The highest BCUT2D eigenvalue weighted by molar-refractivity contribution is 5.77. The van der Waals surface area contributed by atoms with Crippen LogP contribution in [0.1, 0.15) is 12.0 Å². The van der Waals surface area contributed by atoms with E-state index in [-0.39, 0.29) is 17.7 Å². The molecule has 0 aliphatic carbocycles. The maximum atomic E-state index is 13.0. The third kappa shape index (κ3) is 3.17. The number of carbonyl (C=O) groups excluding carboxylic acids is 1. The molecule has 17 heavy (non-hydrogen) atoms. The molecule has 88 valence electrons. The van der Waals surface area contributed by atoms with Crippen LogP contribution in [0.2, 0.25) is 0 Å². The topological polar surface area (TPSA) is 112 Å². The van der Waals surface area contributed by atoms with E-state index in [2.05, 4.69) is 11.8 Å². The summed E-state index contributed by atoms with van der Waals surface area (Å²) in [5.74, 6) is 3.23. The molecule has 0 aromatic heterocycles. The predicted octanol–water partition coefficient (Wildman–Crippen LogP) is 0.543. The van der Waals surface area contributed by atoms with Crippen LogP contribution in [0, 0.1) is 27.8 Å². The predicted molar refractivity (Wildman–Crippen MR) is 58.2 cm³/mol. The molecule has 0 saturated carbocycles. The molecule has 7 heteroatoms. The van der Waals surface area contributed by atoms with Gasteiger partial charge in [-0.2, -0.15) is 0 Å². The van der Waals surface area contributed by atoms with Crippen molar-refractivity contribution in [2.75, 3.05) is 5.73 Å². The lowest BCUT2D eigenvalue weighted by molar-refractivity contribution is -0.384. The Morgan fingerprint density at radius 3 is 2.71 bits per heavy atom. The normalized spacial score (nSPS) is 9.24. The Kier molecular flexibility index (Phi) is 3.62. The maximum Gasteiger partial charge on any atom is 0.296 e. The summed E-state index contributed by atoms with van der Waals surface area (Å²) in [5.41, 5.74) is 9.44. The average Bonchev–Trinajstić information content (AvgIpc) is 2.21. The van der Waals surface area contributed by atoms with Crippen molar-refractivity contribution >= 4 is 17.3 Å². The molecule has 0 unspecified atom stereocenters. The molecule has 4 N–H and O–H groups in total. The molecule has 1 amide bonds. The fourth-order valence-electron chi connectivity index (χ4n) is 1.08. The van der Waals surface area contributed by atoms with Crippen molar-refractivity contribution < 1.29 is 14.1 Å². The minimum Gasteiger partial charge on any atom is -0.392 e. The van der Waals surface area contributed by atoms with E-state index in [0.717, 1.165) is 6.07 Å². The Bertz CT molecular complexity index is 546. The van der Waals surface area contributed by atoms with Gasteiger partial charge in [-0.1, -0.05) is 11.8 Å². The zero-order valence-electron chi connectivity index (χ0n) is 8.57. The molecule has 0 heterocycles. The summed E-state index contributed by atoms with van der Waals surface area (Å²) in [6.07, 6.45) is -0.232. The van der Waals surface area contributed by atoms with E-state index in [9.17, 15) is 19.3 Å². The molecule has 0 aliphatic heterocycles. The second-order valence-corrected chi connectivity index (χ2v) is 3.09. The standard InChI is InChI=1S/C10H8FN3O3/c11-7-4-6(2-1-3-9(12)15)10(13)8(5-7)14(16)17/h4-5H,3,13H2,(H2,12,15). The second-order valence-electron chi connectivity index (χ2n) is 3.09. The Morgan fingerprint density at radius 1 is 1.53 bits per heavy atom. The zero-order valence-corrected chi connectivity index (χ0v) is 8.57. The second kappa shape index (κ2) is 4.94. The number of rotatable bonds is 2. The summed E-state index contributed by atoms with van der Waals surface area (Å²) < 4.78 is 13.0. The van der Waals surface area contributed by atoms with Crippen LogP contribution in [0.3, 0.4) is 0 Å². The van der Waals surface area contributed by atoms with E-state index in [1.807, 2.05) is 0 Å². The number of benzene rings is 1. The summed E-state index contributed by atoms with van der Waals surface area (Å²) >= 11 is 0. The summed E-state index contributed by atoms with van der Waals surface area (Å²) in [6.45, 7) is 0. The number of carbonyl (C=O) groups is 1. The largest absolute Gasteiger partial charge is 0.392 e. The maximum absolute atomic E-state index is 13.0. The van der Waals surface area contributed by atoms with E-state index in [0.29, 0.717) is 6.07 Å². The van der Waals surface area contributed by atoms with Crippen LogP contribution in [0.5, 0.6) is 0 Å². The van der Waals surface area contributed by atoms with Crippen molar-refractivity contribution in [2.45, 2.75) is 6.42 Å². The molecule has 1 rings (SSSR count). The van der Waals surface area contributed by atoms with Gasteiger partial charge in [0.1, 0.15) is 11.5 Å². The first-order chi connectivity index (χ1) is 7.91. The summed E-state index contributed by atoms with van der Waals surface area (Å²) in [4.78, 5) is 20.2. The molecule has 0 saturated heterocycles. The Hall–Kier alpha value is -2.62. The number of amides is 1. The van der Waals surface area contributed by atoms with Crippen LogP contribution >= 0.6 is 0 Å². The lowest BCUT2D eigenvalue weighted by Crippen LogP contribution is -2.08. The van der Waals surface area contributed by atoms with Crippen molar-refractivity contribution in [1.29, 1.82) is 0 Å². The summed E-state index contributed by atoms with van der Waals surface area (Å²) in [6, 6.07) is 1.66. The third-order valence-electron chi connectivity index (χ3n) is 1.81. The number of nitro benzene ring substituents is 1. The number of anilines is 1. The Morgan fingerprint density at radius 2 is 2.18 bits per heavy atom. The number of hydrogen-bond acceptors (Lipinski definition) is 4. The molecule has 0 bridgehead atoms. The first-order valence-corrected chi connectivity index (χ1v) is 4.42. The van der Waals surface area contributed by atoms with Crippen LogP contribution in [0.4, 0.5) is 15.8 Å². The van der Waals surface area contributed by atoms with Gasteiger partial charge in [-0.15, -0.1) is 0 Å². The highest BCUT2D eigenvalue weighted by Gasteiger charge is 2.16. The van der Waals surface area contributed by atoms with E-state index in [4.69, 9.17) is 11.5 Å². The van der Waals surface area contributed by atoms with Gasteiger partial charge in [0.05, 0.1) is 23.0 Å². The van der Waals surface area contributed by atoms with Gasteiger partial charge >= 0.3 is 0 Å². The fourth-order valence-corrected chi connectivity index (χ4v) is 1.08. The number of primary amides is 1. The molecular formula is C10H8FN3O3. The SMILES string of the molecule is NC(=O)CC#Cc1cc(F)cc([N+](=O)[O-])c1N. The van der Waals surface area contributed by atoms with Gasteiger partial charge in [-0.3, -0.25) is 14.9 Å². The van der Waals surface area contributed by atoms with Crippen LogP contribution in [-0.2, 0) is 4.79 Å². The quantitative estimate of drug-likeness (QED) is 0.338. The molecule has 0 atom stereocenters. The van der Waals surface area contributed by atoms with Gasteiger partial charge in [0.15, 0.2) is 0 Å². The van der Waals surface area contributed by atoms with E-state index < -0.39 is 22.3 Å². The Balaban J connectivity index is 3.19. The van der Waals surface area contributed by atoms with Crippen molar-refractivity contribution in [1.82, 2.24) is 0 Å². The number of nitro groups is 1. The lowest BCUT2D eigenvalue weighted by Gasteiger charge is -2.00. The minimum absolute atomic E-state index is 0.0436. The molecular weight excluding hydrogens is 229 g/mol. The number of nitrogens with zero attached hydrogens (tertiary/aromatic N) is 1. The van der Waals surface area contributed by atoms with Crippen LogP contribution in [-0.4, -0.2) is 10.8 Å². The van der Waals surface area contributed by atoms with Crippen molar-refractivity contribution in [3.63, 3.8) is 0 Å². The smallest absolute Gasteiger partial charge is 0.296 e. The van der Waals surface area contributed by atoms with Crippen molar-refractivity contribution in [2.24, 2.45) is 5.73 Å². The average molecular weight is 237 g/mol. The fraction of sp³-hybridized carbons (Fsp3) is 0.100. The molecule has 0 spiro atoms. The number of nitrogens with two attached hydrogens (primary N) is 2. The van der Waals surface area contributed by atoms with Gasteiger partial charge in [-0.05, 0) is 6.07 Å². The molecule has 0 radical (unpaired) electrons. The summed E-state index contributed by atoms with van der Waals surface area (Å²) in [7, 11) is 0. The van der Waals surface area contributed by atoms with Crippen LogP contribution < -0.4 is 11.5 Å². The van der Waals surface area contributed by atoms with Crippen molar-refractivity contribution in [3.05, 3.63) is 33.6 Å².